The highest BCUT2D eigenvalue weighted by molar-refractivity contribution is 5.94. The van der Waals surface area contributed by atoms with Crippen molar-refractivity contribution >= 4 is 23.1 Å². The number of nitrogens with zero attached hydrogens (tertiary/aromatic N) is 3. The predicted octanol–water partition coefficient (Wildman–Crippen LogP) is 3.52. The second-order valence-electron chi connectivity index (χ2n) is 8.23. The van der Waals surface area contributed by atoms with Gasteiger partial charge in [-0.2, -0.15) is 0 Å². The molecule has 1 atom stereocenters. The number of ketones is 1. The number of benzene rings is 2. The van der Waals surface area contributed by atoms with Crippen molar-refractivity contribution in [1.82, 2.24) is 4.90 Å². The van der Waals surface area contributed by atoms with Gasteiger partial charge in [0.1, 0.15) is 5.82 Å². The highest BCUT2D eigenvalue weighted by atomic mass is 19.1. The second kappa shape index (κ2) is 8.46. The summed E-state index contributed by atoms with van der Waals surface area (Å²) < 4.78 is 14.5. The number of amides is 1. The minimum atomic E-state index is -0.388. The van der Waals surface area contributed by atoms with Crippen molar-refractivity contribution in [1.29, 1.82) is 0 Å². The molecule has 2 aliphatic heterocycles. The Balaban J connectivity index is 1.39. The van der Waals surface area contributed by atoms with Crippen LogP contribution in [-0.2, 0) is 11.2 Å². The van der Waals surface area contributed by atoms with Crippen LogP contribution in [0.15, 0.2) is 42.5 Å². The first-order valence-electron chi connectivity index (χ1n) is 10.6. The molecule has 0 saturated carbocycles. The lowest BCUT2D eigenvalue weighted by molar-refractivity contribution is -0.130. The summed E-state index contributed by atoms with van der Waals surface area (Å²) in [4.78, 5) is 30.5. The van der Waals surface area contributed by atoms with Crippen molar-refractivity contribution in [2.45, 2.75) is 32.7 Å². The number of hydrogen-bond acceptors (Lipinski definition) is 4. The topological polar surface area (TPSA) is 43.9 Å². The summed E-state index contributed by atoms with van der Waals surface area (Å²) in [5, 5.41) is 0. The van der Waals surface area contributed by atoms with E-state index in [0.717, 1.165) is 18.5 Å². The number of carbonyl (C=O) groups excluding carboxylic acids is 2. The van der Waals surface area contributed by atoms with Crippen molar-refractivity contribution in [3.8, 4) is 0 Å². The number of para-hydroxylation sites is 1. The Morgan fingerprint density at radius 1 is 1.03 bits per heavy atom. The van der Waals surface area contributed by atoms with Gasteiger partial charge in [0.15, 0.2) is 5.78 Å². The SMILES string of the molecule is CC(=O)c1ccc(N2CCN(C(=O)CN3c4ccccc4CC[C@H]3C)CC2)c(F)c1. The van der Waals surface area contributed by atoms with Gasteiger partial charge in [-0.25, -0.2) is 4.39 Å². The van der Waals surface area contributed by atoms with Gasteiger partial charge in [-0.3, -0.25) is 9.59 Å². The first-order chi connectivity index (χ1) is 14.4. The molecule has 30 heavy (non-hydrogen) atoms. The van der Waals surface area contributed by atoms with Crippen LogP contribution in [0.2, 0.25) is 0 Å². The van der Waals surface area contributed by atoms with Crippen molar-refractivity contribution in [2.75, 3.05) is 42.5 Å². The zero-order valence-corrected chi connectivity index (χ0v) is 17.6. The Labute approximate surface area is 177 Å². The largest absolute Gasteiger partial charge is 0.366 e. The van der Waals surface area contributed by atoms with Gasteiger partial charge in [0.2, 0.25) is 5.91 Å². The smallest absolute Gasteiger partial charge is 0.242 e. The van der Waals surface area contributed by atoms with Gasteiger partial charge in [0, 0.05) is 43.5 Å². The summed E-state index contributed by atoms with van der Waals surface area (Å²) in [5.41, 5.74) is 3.33. The van der Waals surface area contributed by atoms with Crippen LogP contribution in [0.1, 0.15) is 36.2 Å². The zero-order valence-electron chi connectivity index (χ0n) is 17.6. The van der Waals surface area contributed by atoms with Crippen LogP contribution in [0, 0.1) is 5.82 Å². The van der Waals surface area contributed by atoms with Crippen LogP contribution in [0.25, 0.3) is 0 Å². The molecule has 1 amide bonds. The monoisotopic (exact) mass is 409 g/mol. The molecule has 0 spiro atoms. The maximum absolute atomic E-state index is 14.5. The van der Waals surface area contributed by atoms with Crippen LogP contribution in [0.4, 0.5) is 15.8 Å². The number of piperazine rings is 1. The number of fused-ring (bicyclic) bond motifs is 1. The van der Waals surface area contributed by atoms with E-state index in [-0.39, 0.29) is 17.5 Å². The molecule has 4 rings (SSSR count). The highest BCUT2D eigenvalue weighted by Gasteiger charge is 2.28. The Bertz CT molecular complexity index is 953. The first kappa shape index (κ1) is 20.4. The molecule has 0 bridgehead atoms. The van der Waals surface area contributed by atoms with Crippen molar-refractivity contribution in [3.05, 3.63) is 59.4 Å². The third-order valence-corrected chi connectivity index (χ3v) is 6.30. The standard InChI is InChI=1S/C24H28FN3O2/c1-17-7-8-19-5-3-4-6-22(19)28(17)16-24(30)27-13-11-26(12-14-27)23-10-9-20(18(2)29)15-21(23)25/h3-6,9-10,15,17H,7-8,11-14,16H2,1-2H3/t17-/m1/s1. The number of aryl methyl sites for hydroxylation is 1. The molecule has 0 radical (unpaired) electrons. The normalized spacial score (nSPS) is 18.9. The van der Waals surface area contributed by atoms with Crippen molar-refractivity contribution in [3.63, 3.8) is 0 Å². The van der Waals surface area contributed by atoms with E-state index < -0.39 is 0 Å². The Hall–Kier alpha value is -2.89. The summed E-state index contributed by atoms with van der Waals surface area (Å²) in [6.07, 6.45) is 2.10. The first-order valence-corrected chi connectivity index (χ1v) is 10.6. The Morgan fingerprint density at radius 2 is 1.77 bits per heavy atom. The lowest BCUT2D eigenvalue weighted by Crippen LogP contribution is -2.53. The summed E-state index contributed by atoms with van der Waals surface area (Å²) >= 11 is 0. The summed E-state index contributed by atoms with van der Waals surface area (Å²) in [5.74, 6) is -0.420. The minimum absolute atomic E-state index is 0.116. The summed E-state index contributed by atoms with van der Waals surface area (Å²) in [6, 6.07) is 13.3. The molecule has 2 aliphatic rings. The average Bonchev–Trinajstić information content (AvgIpc) is 2.75. The van der Waals surface area contributed by atoms with Crippen molar-refractivity contribution in [2.24, 2.45) is 0 Å². The van der Waals surface area contributed by atoms with Gasteiger partial charge >= 0.3 is 0 Å². The molecule has 6 heteroatoms. The average molecular weight is 410 g/mol. The van der Waals surface area contributed by atoms with E-state index in [9.17, 15) is 14.0 Å². The highest BCUT2D eigenvalue weighted by Crippen LogP contribution is 2.30. The number of Topliss-reactive ketones (excluding diaryl/α,β-unsaturated/α-hetero) is 1. The fourth-order valence-corrected chi connectivity index (χ4v) is 4.43. The van der Waals surface area contributed by atoms with Crippen LogP contribution in [-0.4, -0.2) is 55.4 Å². The third-order valence-electron chi connectivity index (χ3n) is 6.30. The second-order valence-corrected chi connectivity index (χ2v) is 8.23. The van der Waals surface area contributed by atoms with Gasteiger partial charge in [-0.1, -0.05) is 18.2 Å². The van der Waals surface area contributed by atoms with E-state index in [1.807, 2.05) is 15.9 Å². The Morgan fingerprint density at radius 3 is 2.47 bits per heavy atom. The molecule has 1 fully saturated rings. The molecule has 0 aromatic heterocycles. The lowest BCUT2D eigenvalue weighted by atomic mass is 9.96. The van der Waals surface area contributed by atoms with E-state index in [2.05, 4.69) is 30.0 Å². The van der Waals surface area contributed by atoms with Gasteiger partial charge in [0.05, 0.1) is 12.2 Å². The lowest BCUT2D eigenvalue weighted by Gasteiger charge is -2.40. The van der Waals surface area contributed by atoms with E-state index >= 15 is 0 Å². The van der Waals surface area contributed by atoms with E-state index in [1.54, 1.807) is 12.1 Å². The number of halogens is 1. The molecule has 0 unspecified atom stereocenters. The zero-order chi connectivity index (χ0) is 21.3. The fourth-order valence-electron chi connectivity index (χ4n) is 4.43. The Kier molecular flexibility index (Phi) is 5.75. The molecule has 0 aliphatic carbocycles. The fraction of sp³-hybridized carbons (Fsp3) is 0.417. The molecule has 158 valence electrons. The molecular formula is C24H28FN3O2. The van der Waals surface area contributed by atoms with Crippen molar-refractivity contribution < 1.29 is 14.0 Å². The van der Waals surface area contributed by atoms with E-state index in [1.165, 1.54) is 18.6 Å². The van der Waals surface area contributed by atoms with Crippen LogP contribution in [0.5, 0.6) is 0 Å². The maximum atomic E-state index is 14.5. The van der Waals surface area contributed by atoms with E-state index in [0.29, 0.717) is 50.0 Å². The number of carbonyl (C=O) groups is 2. The molecule has 2 aromatic carbocycles. The van der Waals surface area contributed by atoms with Gasteiger partial charge in [0.25, 0.3) is 0 Å². The quantitative estimate of drug-likeness (QED) is 0.725. The predicted molar refractivity (Wildman–Crippen MR) is 117 cm³/mol. The number of rotatable bonds is 4. The number of anilines is 2. The van der Waals surface area contributed by atoms with Crippen LogP contribution in [0.3, 0.4) is 0 Å². The molecular weight excluding hydrogens is 381 g/mol. The molecule has 5 nitrogen and oxygen atoms in total. The summed E-state index contributed by atoms with van der Waals surface area (Å²) in [6.45, 7) is 6.27. The minimum Gasteiger partial charge on any atom is -0.366 e. The summed E-state index contributed by atoms with van der Waals surface area (Å²) in [7, 11) is 0. The number of hydrogen-bond donors (Lipinski definition) is 0. The molecule has 1 saturated heterocycles. The van der Waals surface area contributed by atoms with Crippen LogP contribution < -0.4 is 9.80 Å². The van der Waals surface area contributed by atoms with Gasteiger partial charge in [-0.05, 0) is 56.5 Å². The van der Waals surface area contributed by atoms with Gasteiger partial charge < -0.3 is 14.7 Å². The van der Waals surface area contributed by atoms with Gasteiger partial charge in [-0.15, -0.1) is 0 Å². The van der Waals surface area contributed by atoms with E-state index in [4.69, 9.17) is 0 Å². The third kappa shape index (κ3) is 4.04. The maximum Gasteiger partial charge on any atom is 0.242 e. The molecule has 0 N–H and O–H groups in total. The molecule has 2 aromatic rings. The van der Waals surface area contributed by atoms with Crippen LogP contribution >= 0.6 is 0 Å². The molecule has 2 heterocycles.